The van der Waals surface area contributed by atoms with E-state index in [4.69, 9.17) is 4.98 Å². The van der Waals surface area contributed by atoms with E-state index in [0.29, 0.717) is 5.92 Å². The molecule has 0 aliphatic carbocycles. The SMILES string of the molecule is CC(c1ccccc1)c1ccnc(-c2[c-]ccc3c2sc2ccc(-c4ccccc4)cc23)c1.Cc1cc(-c2[c-]cccc2)ncc1[Si](C)(C)C.[Ir]. The third kappa shape index (κ3) is 8.03. The van der Waals surface area contributed by atoms with Crippen LogP contribution in [-0.2, 0) is 20.1 Å². The molecule has 0 spiro atoms. The van der Waals surface area contributed by atoms with Crippen LogP contribution in [0.1, 0.15) is 29.5 Å². The van der Waals surface area contributed by atoms with Crippen molar-refractivity contribution in [1.82, 2.24) is 9.97 Å². The molecule has 5 aromatic carbocycles. The number of benzene rings is 5. The molecule has 1 unspecified atom stereocenters. The minimum absolute atomic E-state index is 0. The Hall–Kier alpha value is -4.51. The van der Waals surface area contributed by atoms with Crippen LogP contribution in [0.15, 0.2) is 146 Å². The van der Waals surface area contributed by atoms with Crippen LogP contribution < -0.4 is 5.19 Å². The maximum Gasteiger partial charge on any atom is 0.0798 e. The zero-order chi connectivity index (χ0) is 34.7. The second kappa shape index (κ2) is 15.8. The van der Waals surface area contributed by atoms with Gasteiger partial charge in [-0.15, -0.1) is 59.7 Å². The summed E-state index contributed by atoms with van der Waals surface area (Å²) >= 11 is 1.83. The molecule has 51 heavy (non-hydrogen) atoms. The van der Waals surface area contributed by atoms with Gasteiger partial charge in [-0.2, -0.15) is 11.3 Å². The van der Waals surface area contributed by atoms with Gasteiger partial charge in [-0.1, -0.05) is 116 Å². The molecule has 255 valence electrons. The topological polar surface area (TPSA) is 25.8 Å². The Kier molecular flexibility index (Phi) is 11.2. The number of aromatic nitrogens is 2. The minimum Gasteiger partial charge on any atom is -0.305 e. The zero-order valence-corrected chi connectivity index (χ0v) is 33.8. The largest absolute Gasteiger partial charge is 0.305 e. The van der Waals surface area contributed by atoms with Crippen molar-refractivity contribution in [1.29, 1.82) is 0 Å². The van der Waals surface area contributed by atoms with E-state index in [-0.39, 0.29) is 20.1 Å². The molecule has 0 bridgehead atoms. The fourth-order valence-electron chi connectivity index (χ4n) is 6.57. The van der Waals surface area contributed by atoms with E-state index in [1.807, 2.05) is 41.8 Å². The van der Waals surface area contributed by atoms with Crippen molar-refractivity contribution in [2.45, 2.75) is 39.4 Å². The maximum absolute atomic E-state index is 4.75. The van der Waals surface area contributed by atoms with Crippen LogP contribution in [0.4, 0.5) is 0 Å². The summed E-state index contributed by atoms with van der Waals surface area (Å²) in [6, 6.07) is 53.4. The normalized spacial score (nSPS) is 11.8. The average Bonchev–Trinajstić information content (AvgIpc) is 3.54. The van der Waals surface area contributed by atoms with Crippen LogP contribution in [0, 0.1) is 19.1 Å². The Morgan fingerprint density at radius 3 is 2.10 bits per heavy atom. The Morgan fingerprint density at radius 1 is 0.647 bits per heavy atom. The summed E-state index contributed by atoms with van der Waals surface area (Å²) in [4.78, 5) is 9.33. The van der Waals surface area contributed by atoms with E-state index < -0.39 is 8.07 Å². The van der Waals surface area contributed by atoms with Gasteiger partial charge in [0.2, 0.25) is 0 Å². The van der Waals surface area contributed by atoms with E-state index in [1.165, 1.54) is 53.2 Å². The third-order valence-corrected chi connectivity index (χ3v) is 12.6. The molecule has 0 fully saturated rings. The third-order valence-electron chi connectivity index (χ3n) is 9.28. The van der Waals surface area contributed by atoms with Crippen LogP contribution >= 0.6 is 11.3 Å². The summed E-state index contributed by atoms with van der Waals surface area (Å²) in [5.74, 6) is 0.308. The van der Waals surface area contributed by atoms with Crippen molar-refractivity contribution in [3.05, 3.63) is 175 Å². The fraction of sp³-hybridized carbons (Fsp3) is 0.130. The summed E-state index contributed by atoms with van der Waals surface area (Å²) in [5, 5.41) is 4.00. The Balaban J connectivity index is 0.000000211. The number of nitrogens with zero attached hydrogens (tertiary/aromatic N) is 2. The average molecular weight is 873 g/mol. The summed E-state index contributed by atoms with van der Waals surface area (Å²) in [5.41, 5.74) is 10.6. The quantitative estimate of drug-likeness (QED) is 0.123. The van der Waals surface area contributed by atoms with Gasteiger partial charge >= 0.3 is 0 Å². The molecule has 3 heterocycles. The van der Waals surface area contributed by atoms with Crippen molar-refractivity contribution in [3.8, 4) is 33.6 Å². The molecule has 8 rings (SSSR count). The van der Waals surface area contributed by atoms with E-state index in [9.17, 15) is 0 Å². The monoisotopic (exact) mass is 873 g/mol. The first-order chi connectivity index (χ1) is 24.3. The van der Waals surface area contributed by atoms with Gasteiger partial charge in [-0.05, 0) is 74.0 Å². The van der Waals surface area contributed by atoms with Crippen molar-refractivity contribution < 1.29 is 20.1 Å². The Labute approximate surface area is 320 Å². The van der Waals surface area contributed by atoms with Crippen LogP contribution in [0.25, 0.3) is 53.8 Å². The van der Waals surface area contributed by atoms with E-state index in [2.05, 4.69) is 166 Å². The summed E-state index contributed by atoms with van der Waals surface area (Å²) < 4.78 is 2.54. The van der Waals surface area contributed by atoms with Crippen molar-refractivity contribution >= 4 is 44.8 Å². The number of hydrogen-bond acceptors (Lipinski definition) is 3. The molecule has 1 radical (unpaired) electrons. The number of hydrogen-bond donors (Lipinski definition) is 0. The molecule has 0 amide bonds. The molecule has 0 saturated carbocycles. The van der Waals surface area contributed by atoms with Gasteiger partial charge in [0.25, 0.3) is 0 Å². The second-order valence-electron chi connectivity index (χ2n) is 13.8. The number of fused-ring (bicyclic) bond motifs is 3. The van der Waals surface area contributed by atoms with E-state index >= 15 is 0 Å². The van der Waals surface area contributed by atoms with Crippen LogP contribution in [0.5, 0.6) is 0 Å². The molecule has 1 atom stereocenters. The van der Waals surface area contributed by atoms with E-state index in [0.717, 1.165) is 22.5 Å². The van der Waals surface area contributed by atoms with Gasteiger partial charge in [0.15, 0.2) is 0 Å². The first-order valence-electron chi connectivity index (χ1n) is 17.1. The zero-order valence-electron chi connectivity index (χ0n) is 29.6. The molecule has 0 saturated heterocycles. The van der Waals surface area contributed by atoms with Gasteiger partial charge in [-0.25, -0.2) is 0 Å². The van der Waals surface area contributed by atoms with Gasteiger partial charge < -0.3 is 9.97 Å². The molecule has 5 heteroatoms. The van der Waals surface area contributed by atoms with Crippen LogP contribution in [-0.4, -0.2) is 18.0 Å². The van der Waals surface area contributed by atoms with Gasteiger partial charge in [0.1, 0.15) is 0 Å². The Morgan fingerprint density at radius 2 is 1.39 bits per heavy atom. The molecule has 0 N–H and O–H groups in total. The molecule has 2 nitrogen and oxygen atoms in total. The molecule has 0 aliphatic rings. The van der Waals surface area contributed by atoms with Crippen molar-refractivity contribution in [2.24, 2.45) is 0 Å². The van der Waals surface area contributed by atoms with E-state index in [1.54, 1.807) is 0 Å². The molecular weight excluding hydrogens is 833 g/mol. The Bertz CT molecular complexity index is 2380. The summed E-state index contributed by atoms with van der Waals surface area (Å²) in [7, 11) is -1.27. The first kappa shape index (κ1) is 36.3. The summed E-state index contributed by atoms with van der Waals surface area (Å²) in [6.07, 6.45) is 3.98. The molecule has 3 aromatic heterocycles. The second-order valence-corrected chi connectivity index (χ2v) is 19.9. The number of thiophene rings is 1. The van der Waals surface area contributed by atoms with Gasteiger partial charge in [0.05, 0.1) is 8.07 Å². The molecule has 0 aliphatic heterocycles. The van der Waals surface area contributed by atoms with Gasteiger partial charge in [0, 0.05) is 43.1 Å². The predicted octanol–water partition coefficient (Wildman–Crippen LogP) is 12.1. The number of pyridine rings is 2. The smallest absolute Gasteiger partial charge is 0.0798 e. The number of rotatable bonds is 6. The predicted molar refractivity (Wildman–Crippen MR) is 217 cm³/mol. The molecule has 8 aromatic rings. The fourth-order valence-corrected chi connectivity index (χ4v) is 9.47. The molecular formula is C46H40IrN2SSi-2. The van der Waals surface area contributed by atoms with Gasteiger partial charge in [-0.3, -0.25) is 0 Å². The van der Waals surface area contributed by atoms with Crippen LogP contribution in [0.2, 0.25) is 19.6 Å². The van der Waals surface area contributed by atoms with Crippen molar-refractivity contribution in [3.63, 3.8) is 0 Å². The first-order valence-corrected chi connectivity index (χ1v) is 21.5. The van der Waals surface area contributed by atoms with Crippen LogP contribution in [0.3, 0.4) is 0 Å². The maximum atomic E-state index is 4.75. The number of aryl methyl sites for hydroxylation is 1. The minimum atomic E-state index is -1.27. The standard InChI is InChI=1S/C31H22NS.C15H18NSi.Ir/c1-21(22-9-4-2-5-10-22)24-17-18-32-29(20-24)27-14-8-13-26-28-19-25(23-11-6-3-7-12-23)15-16-30(28)33-31(26)27;1-12-10-14(13-8-6-5-7-9-13)16-11-15(12)17(2,3)4;/h2-13,15-21H,1H3;5-8,10-11H,1-4H3;/q2*-1;. The summed E-state index contributed by atoms with van der Waals surface area (Å²) in [6.45, 7) is 11.5. The van der Waals surface area contributed by atoms with Crippen molar-refractivity contribution in [2.75, 3.05) is 0 Å².